The summed E-state index contributed by atoms with van der Waals surface area (Å²) in [5.41, 5.74) is 0. The SMILES string of the molecule is C=C1N=Cc2nnc([C@H]3C[C@@H](NS(=O)(=O)CC4CCCCC4)C[C@H]3C)n2C/C=C\N1. The van der Waals surface area contributed by atoms with Gasteiger partial charge in [-0.05, 0) is 43.6 Å². The molecule has 2 N–H and O–H groups in total. The fourth-order valence-corrected chi connectivity index (χ4v) is 6.79. The molecule has 0 spiro atoms. The molecule has 9 heteroatoms. The van der Waals surface area contributed by atoms with E-state index in [4.69, 9.17) is 0 Å². The van der Waals surface area contributed by atoms with Crippen molar-refractivity contribution in [3.63, 3.8) is 0 Å². The summed E-state index contributed by atoms with van der Waals surface area (Å²) in [5, 5.41) is 11.8. The monoisotopic (exact) mass is 432 g/mol. The zero-order valence-electron chi connectivity index (χ0n) is 17.6. The topological polar surface area (TPSA) is 101 Å². The van der Waals surface area contributed by atoms with Crippen LogP contribution in [0.15, 0.2) is 29.7 Å². The highest BCUT2D eigenvalue weighted by atomic mass is 32.2. The molecule has 1 aromatic heterocycles. The highest BCUT2D eigenvalue weighted by molar-refractivity contribution is 7.89. The molecule has 2 saturated carbocycles. The maximum absolute atomic E-state index is 12.8. The molecule has 8 nitrogen and oxygen atoms in total. The van der Waals surface area contributed by atoms with E-state index in [-0.39, 0.29) is 17.7 Å². The smallest absolute Gasteiger partial charge is 0.212 e. The van der Waals surface area contributed by atoms with Crippen molar-refractivity contribution in [2.24, 2.45) is 16.8 Å². The van der Waals surface area contributed by atoms with Crippen LogP contribution in [0.2, 0.25) is 0 Å². The van der Waals surface area contributed by atoms with Gasteiger partial charge in [-0.3, -0.25) is 0 Å². The Balaban J connectivity index is 1.45. The van der Waals surface area contributed by atoms with Crippen LogP contribution in [0.25, 0.3) is 0 Å². The number of allylic oxidation sites excluding steroid dienone is 1. The predicted octanol–water partition coefficient (Wildman–Crippen LogP) is 2.67. The lowest BCUT2D eigenvalue weighted by Crippen LogP contribution is -2.37. The average molecular weight is 433 g/mol. The summed E-state index contributed by atoms with van der Waals surface area (Å²) in [7, 11) is -3.26. The lowest BCUT2D eigenvalue weighted by molar-refractivity contribution is 0.383. The molecule has 1 aromatic rings. The van der Waals surface area contributed by atoms with Crippen LogP contribution in [0.3, 0.4) is 0 Å². The minimum absolute atomic E-state index is 0.0477. The van der Waals surface area contributed by atoms with Crippen molar-refractivity contribution < 1.29 is 8.42 Å². The number of fused-ring (bicyclic) bond motifs is 1. The lowest BCUT2D eigenvalue weighted by Gasteiger charge is -2.22. The van der Waals surface area contributed by atoms with Crippen molar-refractivity contribution in [1.29, 1.82) is 0 Å². The Bertz CT molecular complexity index is 929. The van der Waals surface area contributed by atoms with E-state index in [0.717, 1.165) is 44.3 Å². The Morgan fingerprint density at radius 3 is 2.83 bits per heavy atom. The number of hydrogen-bond donors (Lipinski definition) is 2. The summed E-state index contributed by atoms with van der Waals surface area (Å²) in [6, 6.07) is -0.0477. The van der Waals surface area contributed by atoms with Crippen molar-refractivity contribution in [1.82, 2.24) is 24.8 Å². The third kappa shape index (κ3) is 5.00. The minimum atomic E-state index is -3.26. The number of nitrogens with one attached hydrogen (secondary N) is 2. The number of nitrogens with zero attached hydrogens (tertiary/aromatic N) is 4. The van der Waals surface area contributed by atoms with Crippen molar-refractivity contribution in [3.05, 3.63) is 36.3 Å². The van der Waals surface area contributed by atoms with E-state index >= 15 is 0 Å². The van der Waals surface area contributed by atoms with Gasteiger partial charge in [0.05, 0.1) is 12.0 Å². The van der Waals surface area contributed by atoms with E-state index in [1.165, 1.54) is 6.42 Å². The molecule has 2 aliphatic carbocycles. The van der Waals surface area contributed by atoms with Crippen molar-refractivity contribution in [3.8, 4) is 0 Å². The second-order valence-electron chi connectivity index (χ2n) is 8.93. The molecule has 0 aromatic carbocycles. The van der Waals surface area contributed by atoms with E-state index in [1.807, 2.05) is 12.3 Å². The number of hydrogen-bond acceptors (Lipinski definition) is 6. The third-order valence-corrected chi connectivity index (χ3v) is 8.14. The number of sulfonamides is 1. The Morgan fingerprint density at radius 2 is 2.03 bits per heavy atom. The molecule has 4 rings (SSSR count). The second kappa shape index (κ2) is 9.01. The Labute approximate surface area is 179 Å². The van der Waals surface area contributed by atoms with Crippen molar-refractivity contribution >= 4 is 16.2 Å². The maximum atomic E-state index is 12.8. The Kier molecular flexibility index (Phi) is 6.38. The first-order valence-electron chi connectivity index (χ1n) is 11.0. The first kappa shape index (κ1) is 21.2. The standard InChI is InChI=1S/C21H32N6O2S/c1-15-11-18(26-30(28,29)14-17-7-4-3-5-8-17)12-19(15)21-25-24-20-13-23-16(2)22-9-6-10-27(20)21/h6,9,13,15,17-19,22,26H,2-5,7-8,10-12,14H2,1H3/b9-6-,23-13?/t15-,18+,19+/m1/s1. The van der Waals surface area contributed by atoms with Crippen LogP contribution < -0.4 is 10.0 Å². The predicted molar refractivity (Wildman–Crippen MR) is 117 cm³/mol. The minimum Gasteiger partial charge on any atom is -0.347 e. The van der Waals surface area contributed by atoms with Crippen LogP contribution in [0.1, 0.15) is 69.4 Å². The molecule has 0 saturated heterocycles. The number of aromatic nitrogens is 3. The van der Waals surface area contributed by atoms with Gasteiger partial charge in [0.2, 0.25) is 10.0 Å². The normalized spacial score (nSPS) is 29.0. The lowest BCUT2D eigenvalue weighted by atomic mass is 9.91. The molecule has 164 valence electrons. The van der Waals surface area contributed by atoms with Gasteiger partial charge in [-0.2, -0.15) is 0 Å². The van der Waals surface area contributed by atoms with Gasteiger partial charge in [0.25, 0.3) is 0 Å². The summed E-state index contributed by atoms with van der Waals surface area (Å²) in [4.78, 5) is 4.27. The zero-order chi connectivity index (χ0) is 21.1. The molecular weight excluding hydrogens is 400 g/mol. The van der Waals surface area contributed by atoms with Gasteiger partial charge in [0.15, 0.2) is 5.82 Å². The molecule has 3 aliphatic rings. The Hall–Kier alpha value is -2.00. The molecule has 2 heterocycles. The molecule has 0 bridgehead atoms. The summed E-state index contributed by atoms with van der Waals surface area (Å²) in [6.07, 6.45) is 12.6. The molecule has 0 radical (unpaired) electrons. The van der Waals surface area contributed by atoms with Crippen LogP contribution in [0.5, 0.6) is 0 Å². The molecule has 0 amide bonds. The molecular formula is C21H32N6O2S. The van der Waals surface area contributed by atoms with E-state index in [2.05, 4.69) is 43.3 Å². The molecule has 30 heavy (non-hydrogen) atoms. The average Bonchev–Trinajstić information content (AvgIpc) is 3.27. The van der Waals surface area contributed by atoms with Crippen LogP contribution >= 0.6 is 0 Å². The Morgan fingerprint density at radius 1 is 1.23 bits per heavy atom. The van der Waals surface area contributed by atoms with E-state index in [1.54, 1.807) is 6.21 Å². The quantitative estimate of drug-likeness (QED) is 0.745. The maximum Gasteiger partial charge on any atom is 0.212 e. The highest BCUT2D eigenvalue weighted by Crippen LogP contribution is 2.39. The van der Waals surface area contributed by atoms with Crippen molar-refractivity contribution in [2.75, 3.05) is 5.75 Å². The molecule has 0 unspecified atom stereocenters. The van der Waals surface area contributed by atoms with Crippen molar-refractivity contribution in [2.45, 2.75) is 70.4 Å². The summed E-state index contributed by atoms with van der Waals surface area (Å²) in [5.74, 6) is 3.19. The van der Waals surface area contributed by atoms with Gasteiger partial charge in [0, 0.05) is 24.7 Å². The zero-order valence-corrected chi connectivity index (χ0v) is 18.4. The first-order chi connectivity index (χ1) is 14.4. The van der Waals surface area contributed by atoms with Crippen LogP contribution in [0, 0.1) is 11.8 Å². The largest absolute Gasteiger partial charge is 0.347 e. The van der Waals surface area contributed by atoms with E-state index < -0.39 is 10.0 Å². The van der Waals surface area contributed by atoms with Gasteiger partial charge in [-0.15, -0.1) is 10.2 Å². The molecule has 1 aliphatic heterocycles. The molecule has 2 fully saturated rings. The molecule has 3 atom stereocenters. The summed E-state index contributed by atoms with van der Waals surface area (Å²) in [6.45, 7) is 6.63. The number of rotatable bonds is 5. The summed E-state index contributed by atoms with van der Waals surface area (Å²) >= 11 is 0. The van der Waals surface area contributed by atoms with E-state index in [9.17, 15) is 8.42 Å². The number of aliphatic imine (C=N–C) groups is 1. The van der Waals surface area contributed by atoms with Gasteiger partial charge in [0.1, 0.15) is 11.6 Å². The fraction of sp³-hybridized carbons (Fsp3) is 0.667. The first-order valence-corrected chi connectivity index (χ1v) is 12.6. The van der Waals surface area contributed by atoms with Gasteiger partial charge in [-0.1, -0.05) is 32.8 Å². The van der Waals surface area contributed by atoms with Crippen LogP contribution in [-0.2, 0) is 16.6 Å². The van der Waals surface area contributed by atoms with Gasteiger partial charge >= 0.3 is 0 Å². The van der Waals surface area contributed by atoms with Gasteiger partial charge in [-0.25, -0.2) is 18.1 Å². The second-order valence-corrected chi connectivity index (χ2v) is 10.7. The summed E-state index contributed by atoms with van der Waals surface area (Å²) < 4.78 is 30.6. The van der Waals surface area contributed by atoms with Crippen LogP contribution in [0.4, 0.5) is 0 Å². The van der Waals surface area contributed by atoms with Gasteiger partial charge < -0.3 is 9.88 Å². The highest BCUT2D eigenvalue weighted by Gasteiger charge is 2.38. The fourth-order valence-electron chi connectivity index (χ4n) is 5.04. The van der Waals surface area contributed by atoms with E-state index in [0.29, 0.717) is 30.0 Å². The van der Waals surface area contributed by atoms with Crippen LogP contribution in [-0.4, -0.2) is 41.2 Å². The third-order valence-electron chi connectivity index (χ3n) is 6.54.